The molecule has 0 fully saturated rings. The Morgan fingerprint density at radius 1 is 1.18 bits per heavy atom. The molecule has 0 amide bonds. The topological polar surface area (TPSA) is 12.0 Å². The van der Waals surface area contributed by atoms with Gasteiger partial charge in [-0.3, -0.25) is 0 Å². The molecule has 0 spiro atoms. The average molecular weight is 316 g/mol. The van der Waals surface area contributed by atoms with E-state index in [2.05, 4.69) is 67.1 Å². The summed E-state index contributed by atoms with van der Waals surface area (Å²) in [5.74, 6) is 0.696. The summed E-state index contributed by atoms with van der Waals surface area (Å²) in [6.07, 6.45) is 0. The maximum atomic E-state index is 3.55. The van der Waals surface area contributed by atoms with E-state index in [1.165, 1.54) is 10.5 Å². The van der Waals surface area contributed by atoms with Crippen LogP contribution in [-0.4, -0.2) is 12.3 Å². The van der Waals surface area contributed by atoms with Gasteiger partial charge in [-0.2, -0.15) is 0 Å². The van der Waals surface area contributed by atoms with Crippen molar-refractivity contribution in [3.8, 4) is 0 Å². The normalized spacial score (nSPS) is 15.0. The number of thioether (sulfide) groups is 1. The van der Waals surface area contributed by atoms with Gasteiger partial charge in [0, 0.05) is 20.7 Å². The van der Waals surface area contributed by atoms with Gasteiger partial charge in [0.05, 0.1) is 0 Å². The number of hydrogen-bond donors (Lipinski definition) is 1. The van der Waals surface area contributed by atoms with Crippen LogP contribution < -0.4 is 5.32 Å². The van der Waals surface area contributed by atoms with Gasteiger partial charge in [0.25, 0.3) is 0 Å². The fourth-order valence-electron chi connectivity index (χ4n) is 1.46. The van der Waals surface area contributed by atoms with Crippen LogP contribution in [0, 0.1) is 5.92 Å². The van der Waals surface area contributed by atoms with Gasteiger partial charge in [-0.25, -0.2) is 0 Å². The smallest absolute Gasteiger partial charge is 0.0300 e. The highest BCUT2D eigenvalue weighted by molar-refractivity contribution is 9.10. The molecule has 1 aromatic rings. The van der Waals surface area contributed by atoms with Crippen molar-refractivity contribution in [2.24, 2.45) is 5.92 Å². The third-order valence-corrected chi connectivity index (χ3v) is 5.16. The first-order valence-electron chi connectivity index (χ1n) is 6.09. The number of benzene rings is 1. The molecule has 0 aliphatic heterocycles. The summed E-state index contributed by atoms with van der Waals surface area (Å²) >= 11 is 5.52. The highest BCUT2D eigenvalue weighted by atomic mass is 79.9. The lowest BCUT2D eigenvalue weighted by molar-refractivity contribution is 0.632. The minimum Gasteiger partial charge on any atom is -0.313 e. The lowest BCUT2D eigenvalue weighted by Crippen LogP contribution is -2.14. The van der Waals surface area contributed by atoms with E-state index in [1.807, 2.05) is 18.8 Å². The molecule has 0 heterocycles. The summed E-state index contributed by atoms with van der Waals surface area (Å²) in [4.78, 5) is 1.39. The number of rotatable bonds is 5. The van der Waals surface area contributed by atoms with E-state index in [0.29, 0.717) is 17.2 Å². The van der Waals surface area contributed by atoms with Crippen molar-refractivity contribution in [3.05, 3.63) is 28.2 Å². The molecule has 1 aromatic carbocycles. The summed E-state index contributed by atoms with van der Waals surface area (Å²) in [6.45, 7) is 9.05. The van der Waals surface area contributed by atoms with E-state index in [0.717, 1.165) is 4.47 Å². The third kappa shape index (κ3) is 4.31. The van der Waals surface area contributed by atoms with Crippen molar-refractivity contribution in [1.29, 1.82) is 0 Å². The van der Waals surface area contributed by atoms with Crippen LogP contribution in [0.5, 0.6) is 0 Å². The van der Waals surface area contributed by atoms with Crippen LogP contribution >= 0.6 is 27.7 Å². The second kappa shape index (κ2) is 6.81. The van der Waals surface area contributed by atoms with E-state index in [9.17, 15) is 0 Å². The fraction of sp³-hybridized carbons (Fsp3) is 0.571. The van der Waals surface area contributed by atoms with Crippen LogP contribution in [0.1, 0.15) is 39.3 Å². The van der Waals surface area contributed by atoms with E-state index >= 15 is 0 Å². The maximum absolute atomic E-state index is 3.55. The minimum atomic E-state index is 0.384. The summed E-state index contributed by atoms with van der Waals surface area (Å²) in [6, 6.07) is 6.95. The van der Waals surface area contributed by atoms with Crippen molar-refractivity contribution >= 4 is 27.7 Å². The minimum absolute atomic E-state index is 0.384. The zero-order chi connectivity index (χ0) is 13.0. The van der Waals surface area contributed by atoms with Gasteiger partial charge in [0.1, 0.15) is 0 Å². The van der Waals surface area contributed by atoms with Gasteiger partial charge in [-0.15, -0.1) is 11.8 Å². The van der Waals surface area contributed by atoms with Gasteiger partial charge < -0.3 is 5.32 Å². The molecule has 3 heteroatoms. The Labute approximate surface area is 118 Å². The summed E-state index contributed by atoms with van der Waals surface area (Å²) in [5, 5.41) is 3.96. The Morgan fingerprint density at radius 3 is 2.35 bits per heavy atom. The SMILES string of the molecule is CNC(C)c1cc(Br)ccc1SC(C)C(C)C. The van der Waals surface area contributed by atoms with Crippen molar-refractivity contribution in [3.63, 3.8) is 0 Å². The second-order valence-electron chi connectivity index (χ2n) is 4.76. The predicted octanol–water partition coefficient (Wildman–Crippen LogP) is 4.87. The molecule has 2 atom stereocenters. The van der Waals surface area contributed by atoms with Crippen molar-refractivity contribution in [2.75, 3.05) is 7.05 Å². The Balaban J connectivity index is 2.98. The number of halogens is 1. The first-order valence-corrected chi connectivity index (χ1v) is 7.76. The Kier molecular flexibility index (Phi) is 6.04. The molecule has 0 radical (unpaired) electrons. The Morgan fingerprint density at radius 2 is 1.82 bits per heavy atom. The first kappa shape index (κ1) is 15.1. The highest BCUT2D eigenvalue weighted by Gasteiger charge is 2.14. The van der Waals surface area contributed by atoms with E-state index in [1.54, 1.807) is 0 Å². The van der Waals surface area contributed by atoms with Gasteiger partial charge in [-0.05, 0) is 43.7 Å². The second-order valence-corrected chi connectivity index (χ2v) is 7.09. The van der Waals surface area contributed by atoms with Crippen molar-refractivity contribution < 1.29 is 0 Å². The monoisotopic (exact) mass is 315 g/mol. The predicted molar refractivity (Wildman–Crippen MR) is 81.8 cm³/mol. The van der Waals surface area contributed by atoms with E-state index < -0.39 is 0 Å². The molecule has 1 N–H and O–H groups in total. The van der Waals surface area contributed by atoms with E-state index in [4.69, 9.17) is 0 Å². The van der Waals surface area contributed by atoms with Crippen LogP contribution in [0.4, 0.5) is 0 Å². The first-order chi connectivity index (χ1) is 7.95. The summed E-state index contributed by atoms with van der Waals surface area (Å²) in [5.41, 5.74) is 1.37. The largest absolute Gasteiger partial charge is 0.313 e. The van der Waals surface area contributed by atoms with Crippen LogP contribution in [0.3, 0.4) is 0 Å². The standard InChI is InChI=1S/C14H22BrNS/c1-9(2)11(4)17-14-7-6-12(15)8-13(14)10(3)16-5/h6-11,16H,1-5H3. The van der Waals surface area contributed by atoms with Crippen LogP contribution in [0.15, 0.2) is 27.6 Å². The quantitative estimate of drug-likeness (QED) is 0.778. The molecule has 0 saturated carbocycles. The Hall–Kier alpha value is 0.01000. The molecule has 0 aromatic heterocycles. The van der Waals surface area contributed by atoms with Gasteiger partial charge in [-0.1, -0.05) is 36.7 Å². The summed E-state index contributed by atoms with van der Waals surface area (Å²) < 4.78 is 1.15. The van der Waals surface area contributed by atoms with Gasteiger partial charge in [0.2, 0.25) is 0 Å². The molecular weight excluding hydrogens is 294 g/mol. The van der Waals surface area contributed by atoms with Crippen molar-refractivity contribution in [2.45, 2.75) is 43.9 Å². The van der Waals surface area contributed by atoms with Gasteiger partial charge >= 0.3 is 0 Å². The van der Waals surface area contributed by atoms with Crippen molar-refractivity contribution in [1.82, 2.24) is 5.32 Å². The molecule has 96 valence electrons. The Bertz CT molecular complexity index is 365. The highest BCUT2D eigenvalue weighted by Crippen LogP contribution is 2.34. The van der Waals surface area contributed by atoms with Crippen LogP contribution in [0.25, 0.3) is 0 Å². The van der Waals surface area contributed by atoms with Crippen LogP contribution in [-0.2, 0) is 0 Å². The lowest BCUT2D eigenvalue weighted by Gasteiger charge is -2.20. The maximum Gasteiger partial charge on any atom is 0.0300 e. The lowest BCUT2D eigenvalue weighted by atomic mass is 10.1. The number of hydrogen-bond acceptors (Lipinski definition) is 2. The molecule has 17 heavy (non-hydrogen) atoms. The van der Waals surface area contributed by atoms with E-state index in [-0.39, 0.29) is 0 Å². The molecule has 2 unspecified atom stereocenters. The molecule has 0 bridgehead atoms. The third-order valence-electron chi connectivity index (χ3n) is 3.12. The zero-order valence-electron chi connectivity index (χ0n) is 11.3. The number of nitrogens with one attached hydrogen (secondary N) is 1. The molecule has 1 rings (SSSR count). The molecule has 0 saturated heterocycles. The van der Waals surface area contributed by atoms with Crippen LogP contribution in [0.2, 0.25) is 0 Å². The van der Waals surface area contributed by atoms with Gasteiger partial charge in [0.15, 0.2) is 0 Å². The fourth-order valence-corrected chi connectivity index (χ4v) is 3.03. The average Bonchev–Trinajstić information content (AvgIpc) is 2.30. The zero-order valence-corrected chi connectivity index (χ0v) is 13.7. The molecule has 1 nitrogen and oxygen atoms in total. The molecule has 0 aliphatic carbocycles. The molecule has 0 aliphatic rings. The molecular formula is C14H22BrNS. The summed E-state index contributed by atoms with van der Waals surface area (Å²) in [7, 11) is 2.01.